The number of hydrogen-bond acceptors (Lipinski definition) is 6. The van der Waals surface area contributed by atoms with Crippen LogP contribution in [0.15, 0.2) is 0 Å². The number of carbonyl (C=O) groups excluding carboxylic acids is 1. The van der Waals surface area contributed by atoms with E-state index in [4.69, 9.17) is 0 Å². The van der Waals surface area contributed by atoms with Crippen LogP contribution in [0.5, 0.6) is 0 Å². The molecule has 1 amide bonds. The molecule has 1 heterocycles. The van der Waals surface area contributed by atoms with Crippen LogP contribution in [0.4, 0.5) is 17.3 Å². The van der Waals surface area contributed by atoms with Crippen molar-refractivity contribution in [1.82, 2.24) is 10.2 Å². The van der Waals surface area contributed by atoms with Gasteiger partial charge in [0.2, 0.25) is 12.1 Å². The van der Waals surface area contributed by atoms with Gasteiger partial charge in [0.1, 0.15) is 5.10 Å². The first kappa shape index (κ1) is 9.57. The van der Waals surface area contributed by atoms with Crippen LogP contribution in [0.2, 0.25) is 0 Å². The monoisotopic (exact) mass is 201 g/mol. The number of rotatable bonds is 4. The minimum atomic E-state index is -0.949. The molecule has 0 bridgehead atoms. The fourth-order valence-electron chi connectivity index (χ4n) is 0.780. The molecule has 2 N–H and O–H groups in total. The third-order valence-electron chi connectivity index (χ3n) is 1.29. The first-order valence-corrected chi connectivity index (χ1v) is 3.15. The minimum absolute atomic E-state index is 0.0881. The zero-order valence-corrected chi connectivity index (χ0v) is 6.46. The third kappa shape index (κ3) is 1.48. The molecule has 0 unspecified atom stereocenters. The fourth-order valence-corrected chi connectivity index (χ4v) is 0.780. The number of nitro groups is 2. The Labute approximate surface area is 75.2 Å². The summed E-state index contributed by atoms with van der Waals surface area (Å²) in [5, 5.41) is 27.3. The number of aromatic amines is 1. The molecule has 10 nitrogen and oxygen atoms in total. The Bertz CT molecular complexity index is 365. The maximum Gasteiger partial charge on any atom is 0.444 e. The molecule has 0 saturated carbocycles. The molecule has 0 spiro atoms. The van der Waals surface area contributed by atoms with Crippen LogP contribution >= 0.6 is 0 Å². The summed E-state index contributed by atoms with van der Waals surface area (Å²) < 4.78 is 0. The van der Waals surface area contributed by atoms with Crippen molar-refractivity contribution in [1.29, 1.82) is 0 Å². The van der Waals surface area contributed by atoms with Crippen molar-refractivity contribution in [2.75, 3.05) is 5.32 Å². The largest absolute Gasteiger partial charge is 0.444 e. The number of anilines is 1. The Morgan fingerprint density at radius 1 is 1.36 bits per heavy atom. The molecule has 10 heteroatoms. The summed E-state index contributed by atoms with van der Waals surface area (Å²) >= 11 is 0. The molecule has 14 heavy (non-hydrogen) atoms. The zero-order valence-electron chi connectivity index (χ0n) is 6.46. The second kappa shape index (κ2) is 3.47. The van der Waals surface area contributed by atoms with E-state index >= 15 is 0 Å². The SMILES string of the molecule is O=CNc1c([N+](=O)[O-])n[nH]c1[N+](=O)[O-]. The molecule has 0 fully saturated rings. The summed E-state index contributed by atoms with van der Waals surface area (Å²) in [6.07, 6.45) is 0.0881. The predicted molar refractivity (Wildman–Crippen MR) is 41.6 cm³/mol. The highest BCUT2D eigenvalue weighted by atomic mass is 16.6. The maximum absolute atomic E-state index is 10.3. The molecule has 74 valence electrons. The van der Waals surface area contributed by atoms with Gasteiger partial charge in [-0.3, -0.25) is 4.79 Å². The third-order valence-corrected chi connectivity index (χ3v) is 1.29. The van der Waals surface area contributed by atoms with Crippen LogP contribution in [0, 0.1) is 20.2 Å². The molecule has 0 radical (unpaired) electrons. The summed E-state index contributed by atoms with van der Waals surface area (Å²) in [7, 11) is 0. The van der Waals surface area contributed by atoms with E-state index in [0.717, 1.165) is 0 Å². The topological polar surface area (TPSA) is 144 Å². The number of amides is 1. The minimum Gasteiger partial charge on any atom is -0.358 e. The van der Waals surface area contributed by atoms with Crippen molar-refractivity contribution in [2.24, 2.45) is 0 Å². The molecule has 1 rings (SSSR count). The van der Waals surface area contributed by atoms with Gasteiger partial charge in [0.05, 0.1) is 0 Å². The lowest BCUT2D eigenvalue weighted by Gasteiger charge is -1.93. The van der Waals surface area contributed by atoms with E-state index < -0.39 is 27.2 Å². The Morgan fingerprint density at radius 2 is 2.00 bits per heavy atom. The lowest BCUT2D eigenvalue weighted by molar-refractivity contribution is -0.392. The Balaban J connectivity index is 3.26. The molecule has 1 aromatic rings. The second-order valence-electron chi connectivity index (χ2n) is 2.05. The van der Waals surface area contributed by atoms with Crippen LogP contribution in [-0.4, -0.2) is 26.5 Å². The van der Waals surface area contributed by atoms with E-state index in [2.05, 4.69) is 5.10 Å². The second-order valence-corrected chi connectivity index (χ2v) is 2.05. The molecule has 0 aliphatic rings. The van der Waals surface area contributed by atoms with E-state index in [0.29, 0.717) is 0 Å². The standard InChI is InChI=1S/C4H3N5O5/c10-1-5-2-3(8(11)12)6-7-4(2)9(13)14/h1H,(H,5,10)(H,6,7). The van der Waals surface area contributed by atoms with Gasteiger partial charge in [-0.1, -0.05) is 0 Å². The highest BCUT2D eigenvalue weighted by Gasteiger charge is 2.31. The van der Waals surface area contributed by atoms with E-state index in [1.807, 2.05) is 10.4 Å². The zero-order chi connectivity index (χ0) is 10.7. The average Bonchev–Trinajstić information content (AvgIpc) is 2.48. The van der Waals surface area contributed by atoms with Gasteiger partial charge >= 0.3 is 11.6 Å². The van der Waals surface area contributed by atoms with Crippen LogP contribution in [0.1, 0.15) is 0 Å². The number of nitrogens with zero attached hydrogens (tertiary/aromatic N) is 3. The highest BCUT2D eigenvalue weighted by Crippen LogP contribution is 2.30. The van der Waals surface area contributed by atoms with Crippen molar-refractivity contribution >= 4 is 23.7 Å². The van der Waals surface area contributed by atoms with Crippen molar-refractivity contribution in [3.8, 4) is 0 Å². The van der Waals surface area contributed by atoms with Gasteiger partial charge in [-0.2, -0.15) is 0 Å². The quantitative estimate of drug-likeness (QED) is 0.391. The van der Waals surface area contributed by atoms with Crippen LogP contribution < -0.4 is 5.32 Å². The molecule has 0 atom stereocenters. The van der Waals surface area contributed by atoms with Gasteiger partial charge in [-0.25, -0.2) is 0 Å². The molecule has 0 aliphatic carbocycles. The number of H-pyrrole nitrogens is 1. The van der Waals surface area contributed by atoms with Crippen LogP contribution in [0.3, 0.4) is 0 Å². The molecule has 0 saturated heterocycles. The molecular formula is C4H3N5O5. The van der Waals surface area contributed by atoms with Crippen LogP contribution in [0.25, 0.3) is 0 Å². The summed E-state index contributed by atoms with van der Waals surface area (Å²) in [5.74, 6) is -1.53. The Kier molecular flexibility index (Phi) is 2.37. The fraction of sp³-hybridized carbons (Fsp3) is 0. The normalized spacial score (nSPS) is 9.43. The van der Waals surface area contributed by atoms with E-state index in [1.165, 1.54) is 0 Å². The average molecular weight is 201 g/mol. The van der Waals surface area contributed by atoms with Gasteiger partial charge in [-0.05, 0) is 14.9 Å². The van der Waals surface area contributed by atoms with Gasteiger partial charge < -0.3 is 25.5 Å². The maximum atomic E-state index is 10.3. The highest BCUT2D eigenvalue weighted by molar-refractivity contribution is 5.81. The Hall–Kier alpha value is -2.52. The van der Waals surface area contributed by atoms with E-state index in [9.17, 15) is 25.0 Å². The Morgan fingerprint density at radius 3 is 2.43 bits per heavy atom. The number of nitrogens with one attached hydrogen (secondary N) is 2. The first-order valence-electron chi connectivity index (χ1n) is 3.15. The lowest BCUT2D eigenvalue weighted by Crippen LogP contribution is -2.00. The molecule has 0 aliphatic heterocycles. The van der Waals surface area contributed by atoms with Crippen molar-refractivity contribution < 1.29 is 14.6 Å². The lowest BCUT2D eigenvalue weighted by atomic mass is 10.5. The van der Waals surface area contributed by atoms with E-state index in [-0.39, 0.29) is 6.41 Å². The van der Waals surface area contributed by atoms with Crippen LogP contribution in [-0.2, 0) is 4.79 Å². The smallest absolute Gasteiger partial charge is 0.358 e. The predicted octanol–water partition coefficient (Wildman–Crippen LogP) is -0.206. The number of aromatic nitrogens is 2. The van der Waals surface area contributed by atoms with Gasteiger partial charge in [-0.15, -0.1) is 0 Å². The molecule has 1 aromatic heterocycles. The van der Waals surface area contributed by atoms with Crippen molar-refractivity contribution in [2.45, 2.75) is 0 Å². The van der Waals surface area contributed by atoms with Gasteiger partial charge in [0.15, 0.2) is 0 Å². The van der Waals surface area contributed by atoms with Gasteiger partial charge in [0.25, 0.3) is 0 Å². The number of carbonyl (C=O) groups is 1. The molecule has 0 aromatic carbocycles. The summed E-state index contributed by atoms with van der Waals surface area (Å²) in [6, 6.07) is 0. The summed E-state index contributed by atoms with van der Waals surface area (Å²) in [4.78, 5) is 28.7. The van der Waals surface area contributed by atoms with Crippen molar-refractivity contribution in [3.05, 3.63) is 20.2 Å². The summed E-state index contributed by atoms with van der Waals surface area (Å²) in [6.45, 7) is 0. The van der Waals surface area contributed by atoms with E-state index in [1.54, 1.807) is 0 Å². The summed E-state index contributed by atoms with van der Waals surface area (Å²) in [5.41, 5.74) is -0.560. The van der Waals surface area contributed by atoms with Gasteiger partial charge in [0, 0.05) is 0 Å². The number of hydrogen-bond donors (Lipinski definition) is 2. The van der Waals surface area contributed by atoms with Crippen molar-refractivity contribution in [3.63, 3.8) is 0 Å². The molecular weight excluding hydrogens is 198 g/mol. The first-order chi connectivity index (χ1) is 6.57.